The number of rotatable bonds is 7. The second-order valence-electron chi connectivity index (χ2n) is 12.1. The van der Waals surface area contributed by atoms with E-state index < -0.39 is 24.9 Å². The highest BCUT2D eigenvalue weighted by Gasteiger charge is 2.38. The molecule has 13 heteroatoms. The van der Waals surface area contributed by atoms with E-state index in [1.165, 1.54) is 4.90 Å². The number of likely N-dealkylation sites (tertiary alicyclic amines) is 1. The number of halogens is 3. The Morgan fingerprint density at radius 2 is 1.67 bits per heavy atom. The van der Waals surface area contributed by atoms with Crippen molar-refractivity contribution in [2.24, 2.45) is 5.92 Å². The number of carbonyl (C=O) groups is 3. The zero-order chi connectivity index (χ0) is 31.7. The van der Waals surface area contributed by atoms with Crippen molar-refractivity contribution >= 4 is 28.9 Å². The number of fused-ring (bicyclic) bond motifs is 1. The number of likely N-dealkylation sites (N-methyl/N-ethyl adjacent to an activating group) is 1. The van der Waals surface area contributed by atoms with Crippen molar-refractivity contribution in [3.63, 3.8) is 0 Å². The van der Waals surface area contributed by atoms with Gasteiger partial charge in [-0.05, 0) is 48.9 Å². The fraction of sp³-hybridized carbons (Fsp3) is 0.469. The molecule has 0 bridgehead atoms. The number of nitrogens with zero attached hydrogens (tertiary/aromatic N) is 7. The third-order valence-electron chi connectivity index (χ3n) is 8.83. The Morgan fingerprint density at radius 1 is 0.933 bits per heavy atom. The smallest absolute Gasteiger partial charge is 0.340 e. The molecule has 2 aromatic heterocycles. The molecule has 5 heterocycles. The molecule has 3 aliphatic rings. The fourth-order valence-corrected chi connectivity index (χ4v) is 6.04. The Morgan fingerprint density at radius 3 is 2.33 bits per heavy atom. The van der Waals surface area contributed by atoms with Crippen LogP contribution in [0.15, 0.2) is 48.7 Å². The molecule has 3 aromatic rings. The van der Waals surface area contributed by atoms with Gasteiger partial charge in [0.2, 0.25) is 11.8 Å². The largest absolute Gasteiger partial charge is 0.389 e. The predicted octanol–water partition coefficient (Wildman–Crippen LogP) is 3.12. The van der Waals surface area contributed by atoms with Crippen LogP contribution in [0.2, 0.25) is 0 Å². The van der Waals surface area contributed by atoms with E-state index in [-0.39, 0.29) is 24.3 Å². The first kappa shape index (κ1) is 30.8. The molecule has 6 rings (SSSR count). The molecule has 2 fully saturated rings. The first-order chi connectivity index (χ1) is 21.5. The highest BCUT2D eigenvalue weighted by Crippen LogP contribution is 2.28. The normalized spacial score (nSPS) is 18.2. The van der Waals surface area contributed by atoms with Crippen LogP contribution in [0.5, 0.6) is 0 Å². The molecule has 0 atom stereocenters. The lowest BCUT2D eigenvalue weighted by Crippen LogP contribution is -2.58. The van der Waals surface area contributed by atoms with Crippen molar-refractivity contribution in [1.82, 2.24) is 34.2 Å². The van der Waals surface area contributed by atoms with Crippen LogP contribution in [-0.4, -0.2) is 118 Å². The average Bonchev–Trinajstić information content (AvgIpc) is 3.42. The minimum atomic E-state index is -4.35. The summed E-state index contributed by atoms with van der Waals surface area (Å²) in [5, 5.41) is 4.62. The molecule has 45 heavy (non-hydrogen) atoms. The van der Waals surface area contributed by atoms with Crippen LogP contribution in [0.4, 0.5) is 13.2 Å². The molecule has 0 unspecified atom stereocenters. The minimum Gasteiger partial charge on any atom is -0.340 e. The summed E-state index contributed by atoms with van der Waals surface area (Å²) in [5.74, 6) is 0.0403. The Kier molecular flexibility index (Phi) is 8.63. The second kappa shape index (κ2) is 12.6. The van der Waals surface area contributed by atoms with Gasteiger partial charge in [0.05, 0.1) is 12.3 Å². The maximum absolute atomic E-state index is 13.0. The molecule has 2 saturated heterocycles. The van der Waals surface area contributed by atoms with Crippen molar-refractivity contribution in [2.45, 2.75) is 31.9 Å². The minimum absolute atomic E-state index is 0.0825. The number of benzene rings is 1. The van der Waals surface area contributed by atoms with E-state index in [4.69, 9.17) is 4.98 Å². The fourth-order valence-electron chi connectivity index (χ4n) is 6.04. The SMILES string of the molecule is CN1CCN(C(=O)C2CN(C(=O)c3ccc(Cc4nc5c(C6=CCN(C(=O)CCC(F)(F)F)CC6)cccn5n4)cc3)C2)CC1. The summed E-state index contributed by atoms with van der Waals surface area (Å²) in [7, 11) is 2.05. The molecule has 3 aliphatic heterocycles. The van der Waals surface area contributed by atoms with Crippen LogP contribution in [0.25, 0.3) is 11.2 Å². The summed E-state index contributed by atoms with van der Waals surface area (Å²) >= 11 is 0. The standard InChI is InChI=1S/C32H36F3N7O3/c1-38-15-17-40(18-16-38)31(45)25-20-41(21-25)30(44)24-6-4-22(5-7-24)19-27-36-29-26(3-2-12-42(29)37-27)23-9-13-39(14-10-23)28(43)8-11-32(33,34)35/h2-7,9,12,25H,8,10-11,13-21H2,1H3. The Hall–Kier alpha value is -4.26. The summed E-state index contributed by atoms with van der Waals surface area (Å²) in [5.41, 5.74) is 4.03. The van der Waals surface area contributed by atoms with Gasteiger partial charge in [0.25, 0.3) is 5.91 Å². The van der Waals surface area contributed by atoms with E-state index in [1.807, 2.05) is 41.4 Å². The van der Waals surface area contributed by atoms with Gasteiger partial charge in [-0.15, -0.1) is 0 Å². The lowest BCUT2D eigenvalue weighted by molar-refractivity contribution is -0.148. The molecule has 10 nitrogen and oxygen atoms in total. The average molecular weight is 624 g/mol. The van der Waals surface area contributed by atoms with Crippen LogP contribution >= 0.6 is 0 Å². The van der Waals surface area contributed by atoms with E-state index in [2.05, 4.69) is 17.0 Å². The molecule has 0 N–H and O–H groups in total. The Balaban J connectivity index is 1.04. The Bertz CT molecular complexity index is 1600. The van der Waals surface area contributed by atoms with Gasteiger partial charge in [0.15, 0.2) is 11.5 Å². The molecule has 0 saturated carbocycles. The summed E-state index contributed by atoms with van der Waals surface area (Å²) in [6.45, 7) is 4.71. The Labute approximate surface area is 259 Å². The first-order valence-electron chi connectivity index (χ1n) is 15.3. The maximum Gasteiger partial charge on any atom is 0.389 e. The van der Waals surface area contributed by atoms with Crippen LogP contribution in [0.1, 0.15) is 46.6 Å². The summed E-state index contributed by atoms with van der Waals surface area (Å²) in [6, 6.07) is 11.2. The molecule has 1 aromatic carbocycles. The quantitative estimate of drug-likeness (QED) is 0.402. The third-order valence-corrected chi connectivity index (χ3v) is 8.83. The number of pyridine rings is 1. The third kappa shape index (κ3) is 7.03. The zero-order valence-corrected chi connectivity index (χ0v) is 25.2. The van der Waals surface area contributed by atoms with Crippen molar-refractivity contribution in [3.05, 3.63) is 71.2 Å². The topological polar surface area (TPSA) is 94.4 Å². The number of hydrogen-bond donors (Lipinski definition) is 0. The van der Waals surface area contributed by atoms with Gasteiger partial charge in [0, 0.05) is 82.5 Å². The van der Waals surface area contributed by atoms with Crippen LogP contribution in [-0.2, 0) is 16.0 Å². The molecule has 238 valence electrons. The predicted molar refractivity (Wildman–Crippen MR) is 160 cm³/mol. The van der Waals surface area contributed by atoms with Crippen molar-refractivity contribution in [3.8, 4) is 0 Å². The summed E-state index contributed by atoms with van der Waals surface area (Å²) in [6.07, 6.45) is -1.35. The number of piperazine rings is 1. The van der Waals surface area contributed by atoms with Crippen molar-refractivity contribution in [1.29, 1.82) is 0 Å². The highest BCUT2D eigenvalue weighted by molar-refractivity contribution is 5.96. The van der Waals surface area contributed by atoms with Crippen molar-refractivity contribution < 1.29 is 27.6 Å². The lowest BCUT2D eigenvalue weighted by atomic mass is 9.96. The summed E-state index contributed by atoms with van der Waals surface area (Å²) < 4.78 is 39.3. The number of hydrogen-bond acceptors (Lipinski definition) is 6. The van der Waals surface area contributed by atoms with Gasteiger partial charge in [-0.25, -0.2) is 9.50 Å². The van der Waals surface area contributed by atoms with Gasteiger partial charge >= 0.3 is 6.18 Å². The second-order valence-corrected chi connectivity index (χ2v) is 12.1. The lowest BCUT2D eigenvalue weighted by Gasteiger charge is -2.42. The number of alkyl halides is 3. The first-order valence-corrected chi connectivity index (χ1v) is 15.3. The molecule has 0 spiro atoms. The molecule has 0 radical (unpaired) electrons. The van der Waals surface area contributed by atoms with E-state index in [1.54, 1.807) is 21.5 Å². The molecule has 3 amide bonds. The maximum atomic E-state index is 13.0. The molecular weight excluding hydrogens is 587 g/mol. The van der Waals surface area contributed by atoms with Gasteiger partial charge in [-0.2, -0.15) is 18.3 Å². The van der Waals surface area contributed by atoms with Gasteiger partial charge < -0.3 is 19.6 Å². The van der Waals surface area contributed by atoms with Crippen molar-refractivity contribution in [2.75, 3.05) is 59.4 Å². The number of aromatic nitrogens is 3. The number of carbonyl (C=O) groups excluding carboxylic acids is 3. The van der Waals surface area contributed by atoms with Crippen LogP contribution in [0.3, 0.4) is 0 Å². The number of amides is 3. The van der Waals surface area contributed by atoms with Crippen LogP contribution in [0, 0.1) is 5.92 Å². The van der Waals surface area contributed by atoms with Gasteiger partial charge in [-0.1, -0.05) is 18.2 Å². The van der Waals surface area contributed by atoms with Crippen LogP contribution < -0.4 is 0 Å². The zero-order valence-electron chi connectivity index (χ0n) is 25.2. The van der Waals surface area contributed by atoms with E-state index in [0.717, 1.165) is 42.9 Å². The molecular formula is C32H36F3N7O3. The van der Waals surface area contributed by atoms with Gasteiger partial charge in [0.1, 0.15) is 0 Å². The highest BCUT2D eigenvalue weighted by atomic mass is 19.4. The van der Waals surface area contributed by atoms with Gasteiger partial charge in [-0.3, -0.25) is 14.4 Å². The van der Waals surface area contributed by atoms with E-state index in [9.17, 15) is 27.6 Å². The molecule has 0 aliphatic carbocycles. The van der Waals surface area contributed by atoms with E-state index >= 15 is 0 Å². The summed E-state index contributed by atoms with van der Waals surface area (Å²) in [4.78, 5) is 50.1. The van der Waals surface area contributed by atoms with E-state index in [0.29, 0.717) is 49.5 Å². The monoisotopic (exact) mass is 623 g/mol.